The molecule has 0 amide bonds. The summed E-state index contributed by atoms with van der Waals surface area (Å²) < 4.78 is 29.1. The Kier molecular flexibility index (Phi) is 8.77. The fraction of sp³-hybridized carbons (Fsp3) is 0.375. The van der Waals surface area contributed by atoms with E-state index in [2.05, 4.69) is 26.0 Å². The van der Waals surface area contributed by atoms with Crippen LogP contribution in [-0.4, -0.2) is 49.5 Å². The predicted molar refractivity (Wildman–Crippen MR) is 190 cm³/mol. The van der Waals surface area contributed by atoms with Crippen LogP contribution < -0.4 is 9.47 Å². The smallest absolute Gasteiger partial charge is 0.307 e. The maximum Gasteiger partial charge on any atom is 0.307 e. The van der Waals surface area contributed by atoms with Crippen LogP contribution in [0.3, 0.4) is 0 Å². The van der Waals surface area contributed by atoms with Crippen LogP contribution in [0.1, 0.15) is 69.0 Å². The van der Waals surface area contributed by atoms with Crippen molar-refractivity contribution in [2.45, 2.75) is 78.7 Å². The molecular formula is C40H44FN3O5. The van der Waals surface area contributed by atoms with Crippen molar-refractivity contribution in [2.75, 3.05) is 13.2 Å². The molecule has 2 aromatic carbocycles. The first-order valence-electron chi connectivity index (χ1n) is 16.7. The van der Waals surface area contributed by atoms with E-state index in [0.717, 1.165) is 51.2 Å². The molecule has 2 aliphatic rings. The number of hydrogen-bond acceptors (Lipinski definition) is 6. The number of carbonyl (C=O) groups is 1. The van der Waals surface area contributed by atoms with Crippen LogP contribution in [-0.2, 0) is 30.1 Å². The van der Waals surface area contributed by atoms with E-state index in [1.807, 2.05) is 49.7 Å². The highest BCUT2D eigenvalue weighted by Gasteiger charge is 2.32. The summed E-state index contributed by atoms with van der Waals surface area (Å²) in [6.45, 7) is 14.5. The summed E-state index contributed by atoms with van der Waals surface area (Å²) in [7, 11) is 1.95. The van der Waals surface area contributed by atoms with Crippen LogP contribution in [0.15, 0.2) is 48.7 Å². The van der Waals surface area contributed by atoms with Gasteiger partial charge in [0.2, 0.25) is 0 Å². The Morgan fingerprint density at radius 2 is 1.80 bits per heavy atom. The van der Waals surface area contributed by atoms with E-state index in [0.29, 0.717) is 53.4 Å². The molecule has 2 aliphatic heterocycles. The van der Waals surface area contributed by atoms with Crippen LogP contribution >= 0.6 is 0 Å². The molecule has 0 radical (unpaired) electrons. The number of carboxylic acid groups (broad SMARTS) is 1. The van der Waals surface area contributed by atoms with E-state index >= 15 is 4.39 Å². The van der Waals surface area contributed by atoms with Gasteiger partial charge in [-0.05, 0) is 112 Å². The van der Waals surface area contributed by atoms with Crippen molar-refractivity contribution in [2.24, 2.45) is 7.05 Å². The number of halogens is 1. The van der Waals surface area contributed by atoms with Crippen molar-refractivity contribution in [3.63, 3.8) is 0 Å². The maximum atomic E-state index is 15.5. The number of ether oxygens (including phenoxy) is 2. The Morgan fingerprint density at radius 1 is 1.06 bits per heavy atom. The molecule has 0 aliphatic carbocycles. The zero-order chi connectivity index (χ0) is 35.4. The summed E-state index contributed by atoms with van der Waals surface area (Å²) >= 11 is 0. The van der Waals surface area contributed by atoms with E-state index in [9.17, 15) is 9.90 Å². The molecular weight excluding hydrogens is 621 g/mol. The summed E-state index contributed by atoms with van der Waals surface area (Å²) in [5.41, 5.74) is 9.28. The fourth-order valence-electron chi connectivity index (χ4n) is 6.78. The van der Waals surface area contributed by atoms with Crippen LogP contribution in [0, 0.1) is 19.7 Å². The molecule has 0 saturated heterocycles. The second-order valence-corrected chi connectivity index (χ2v) is 14.7. The first-order valence-corrected chi connectivity index (χ1v) is 16.7. The van der Waals surface area contributed by atoms with Crippen LogP contribution in [0.4, 0.5) is 4.39 Å². The molecule has 0 unspecified atom stereocenters. The SMILES string of the molecule is CC(C)(C)O.Cc1nc2c(cc(-c3ccnc(-c4ccc5c(c4)C(C)(C)CO5)c3)n2C)c(-c2cc(F)c3c(c2C)CCCO3)c1CC(=O)O. The van der Waals surface area contributed by atoms with Crippen molar-refractivity contribution in [3.05, 3.63) is 82.4 Å². The van der Waals surface area contributed by atoms with Gasteiger partial charge in [-0.25, -0.2) is 9.37 Å². The average molecular weight is 666 g/mol. The molecule has 7 rings (SSSR count). The average Bonchev–Trinajstić information content (AvgIpc) is 3.53. The normalized spacial score (nSPS) is 14.7. The molecule has 0 saturated carbocycles. The lowest BCUT2D eigenvalue weighted by atomic mass is 9.86. The van der Waals surface area contributed by atoms with Gasteiger partial charge in [-0.15, -0.1) is 0 Å². The van der Waals surface area contributed by atoms with Gasteiger partial charge in [-0.3, -0.25) is 9.78 Å². The van der Waals surface area contributed by atoms with Gasteiger partial charge in [0.15, 0.2) is 11.6 Å². The summed E-state index contributed by atoms with van der Waals surface area (Å²) in [4.78, 5) is 21.6. The van der Waals surface area contributed by atoms with Crippen LogP contribution in [0.5, 0.6) is 11.5 Å². The van der Waals surface area contributed by atoms with E-state index in [4.69, 9.17) is 24.5 Å². The molecule has 3 aromatic heterocycles. The highest BCUT2D eigenvalue weighted by atomic mass is 19.1. The Bertz CT molecular complexity index is 2100. The third-order valence-corrected chi connectivity index (χ3v) is 9.16. The zero-order valence-electron chi connectivity index (χ0n) is 29.5. The Balaban J connectivity index is 0.000000778. The van der Waals surface area contributed by atoms with E-state index in [1.54, 1.807) is 27.0 Å². The second kappa shape index (κ2) is 12.6. The van der Waals surface area contributed by atoms with Gasteiger partial charge in [0.05, 0.1) is 36.6 Å². The first-order chi connectivity index (χ1) is 23.0. The highest BCUT2D eigenvalue weighted by Crippen LogP contribution is 2.44. The molecule has 0 bridgehead atoms. The first kappa shape index (κ1) is 34.1. The molecule has 9 heteroatoms. The minimum Gasteiger partial charge on any atom is -0.492 e. The molecule has 8 nitrogen and oxygen atoms in total. The number of hydrogen-bond donors (Lipinski definition) is 2. The van der Waals surface area contributed by atoms with Gasteiger partial charge in [-0.2, -0.15) is 0 Å². The third-order valence-electron chi connectivity index (χ3n) is 9.16. The summed E-state index contributed by atoms with van der Waals surface area (Å²) in [6, 6.07) is 13.8. The number of aromatic nitrogens is 3. The molecule has 49 heavy (non-hydrogen) atoms. The minimum absolute atomic E-state index is 0.0766. The second-order valence-electron chi connectivity index (χ2n) is 14.7. The number of aliphatic carboxylic acids is 1. The van der Waals surface area contributed by atoms with E-state index in [1.165, 1.54) is 11.6 Å². The van der Waals surface area contributed by atoms with Gasteiger partial charge < -0.3 is 24.3 Å². The molecule has 0 atom stereocenters. The number of benzene rings is 2. The van der Waals surface area contributed by atoms with E-state index < -0.39 is 17.4 Å². The highest BCUT2D eigenvalue weighted by molar-refractivity contribution is 6.01. The lowest BCUT2D eigenvalue weighted by molar-refractivity contribution is -0.136. The summed E-state index contributed by atoms with van der Waals surface area (Å²) in [5, 5.41) is 19.2. The fourth-order valence-corrected chi connectivity index (χ4v) is 6.78. The zero-order valence-corrected chi connectivity index (χ0v) is 29.5. The van der Waals surface area contributed by atoms with Crippen LogP contribution in [0.2, 0.25) is 0 Å². The standard InChI is InChI=1S/C36H34FN3O4.C4H10O/c1-19-23-7-6-12-43-34(23)28(37)15-24(19)33-25(17-32(41)42)20(2)39-35-26(33)16-30(40(35)5)22-10-11-38-29(14-22)21-8-9-31-27(13-21)36(3,4)18-44-31;1-4(2,3)5/h8-11,13-16H,6-7,12,17-18H2,1-5H3,(H,41,42);5H,1-3H3. The van der Waals surface area contributed by atoms with Crippen molar-refractivity contribution in [1.29, 1.82) is 0 Å². The Hall–Kier alpha value is -4.76. The molecule has 5 aromatic rings. The minimum atomic E-state index is -0.965. The Morgan fingerprint density at radius 3 is 2.51 bits per heavy atom. The number of rotatable bonds is 5. The number of aliphatic hydroxyl groups is 1. The predicted octanol–water partition coefficient (Wildman–Crippen LogP) is 8.12. The third kappa shape index (κ3) is 6.64. The molecule has 2 N–H and O–H groups in total. The van der Waals surface area contributed by atoms with Gasteiger partial charge in [-0.1, -0.05) is 13.8 Å². The van der Waals surface area contributed by atoms with E-state index in [-0.39, 0.29) is 11.8 Å². The number of pyridine rings is 2. The molecule has 0 spiro atoms. The number of fused-ring (bicyclic) bond motifs is 3. The summed E-state index contributed by atoms with van der Waals surface area (Å²) in [5.74, 6) is -0.177. The van der Waals surface area contributed by atoms with Crippen molar-refractivity contribution in [1.82, 2.24) is 14.5 Å². The van der Waals surface area contributed by atoms with Gasteiger partial charge in [0.25, 0.3) is 0 Å². The monoisotopic (exact) mass is 665 g/mol. The topological polar surface area (TPSA) is 107 Å². The van der Waals surface area contributed by atoms with Gasteiger partial charge >= 0.3 is 5.97 Å². The number of aryl methyl sites for hydroxylation is 2. The molecule has 256 valence electrons. The van der Waals surface area contributed by atoms with Gasteiger partial charge in [0.1, 0.15) is 11.4 Å². The maximum absolute atomic E-state index is 15.5. The van der Waals surface area contributed by atoms with Crippen molar-refractivity contribution in [3.8, 4) is 45.1 Å². The lowest BCUT2D eigenvalue weighted by Crippen LogP contribution is -2.18. The number of carboxylic acids is 1. The quantitative estimate of drug-likeness (QED) is 0.195. The van der Waals surface area contributed by atoms with Gasteiger partial charge in [0, 0.05) is 52.0 Å². The lowest BCUT2D eigenvalue weighted by Gasteiger charge is -2.23. The number of nitrogens with zero attached hydrogens (tertiary/aromatic N) is 3. The molecule has 5 heterocycles. The van der Waals surface area contributed by atoms with Crippen LogP contribution in [0.25, 0.3) is 44.7 Å². The Labute approximate surface area is 286 Å². The van der Waals surface area contributed by atoms with Crippen molar-refractivity contribution >= 4 is 17.0 Å². The van der Waals surface area contributed by atoms with Crippen molar-refractivity contribution < 1.29 is 28.9 Å². The molecule has 0 fully saturated rings. The largest absolute Gasteiger partial charge is 0.492 e. The summed E-state index contributed by atoms with van der Waals surface area (Å²) in [6.07, 6.45) is 3.09.